The molecule has 0 spiro atoms. The summed E-state index contributed by atoms with van der Waals surface area (Å²) in [5.74, 6) is 0.496. The zero-order valence-electron chi connectivity index (χ0n) is 10.3. The van der Waals surface area contributed by atoms with Gasteiger partial charge in [0.2, 0.25) is 5.90 Å². The van der Waals surface area contributed by atoms with Crippen molar-refractivity contribution in [2.45, 2.75) is 26.7 Å². The van der Waals surface area contributed by atoms with E-state index in [2.05, 4.69) is 19.2 Å². The lowest BCUT2D eigenvalue weighted by Gasteiger charge is -2.25. The molecular formula is C12H21N3O. The topological polar surface area (TPSA) is 71.1 Å². The Bertz CT molecular complexity index is 331. The standard InChI is InChI=1S/C12H21N3O/c1-4-5-15-11-8(2)6-9(13)7-10(11)12(14)16-3/h7-8,14-15H,4-6,13H2,1-3H3. The Kier molecular flexibility index (Phi) is 4.40. The summed E-state index contributed by atoms with van der Waals surface area (Å²) < 4.78 is 4.98. The van der Waals surface area contributed by atoms with Gasteiger partial charge in [-0.2, -0.15) is 0 Å². The average Bonchev–Trinajstić information content (AvgIpc) is 2.26. The first-order valence-corrected chi connectivity index (χ1v) is 5.67. The molecule has 4 N–H and O–H groups in total. The van der Waals surface area contributed by atoms with Crippen molar-refractivity contribution in [2.24, 2.45) is 11.7 Å². The van der Waals surface area contributed by atoms with Gasteiger partial charge >= 0.3 is 0 Å². The Morgan fingerprint density at radius 2 is 2.38 bits per heavy atom. The molecule has 1 aliphatic carbocycles. The van der Waals surface area contributed by atoms with E-state index in [0.29, 0.717) is 5.92 Å². The zero-order valence-corrected chi connectivity index (χ0v) is 10.3. The first-order chi connectivity index (χ1) is 7.60. The molecule has 0 aromatic heterocycles. The number of hydrogen-bond acceptors (Lipinski definition) is 4. The van der Waals surface area contributed by atoms with Gasteiger partial charge in [-0.1, -0.05) is 13.8 Å². The van der Waals surface area contributed by atoms with Crippen molar-refractivity contribution in [1.29, 1.82) is 5.41 Å². The van der Waals surface area contributed by atoms with E-state index < -0.39 is 0 Å². The molecular weight excluding hydrogens is 202 g/mol. The second-order valence-electron chi connectivity index (χ2n) is 4.11. The Morgan fingerprint density at radius 1 is 1.69 bits per heavy atom. The highest BCUT2D eigenvalue weighted by Crippen LogP contribution is 2.26. The van der Waals surface area contributed by atoms with Gasteiger partial charge in [0.15, 0.2) is 0 Å². The minimum absolute atomic E-state index is 0.174. The molecule has 1 rings (SSSR count). The van der Waals surface area contributed by atoms with Gasteiger partial charge in [0.25, 0.3) is 0 Å². The Labute approximate surface area is 97.1 Å². The van der Waals surface area contributed by atoms with Crippen LogP contribution >= 0.6 is 0 Å². The molecule has 90 valence electrons. The van der Waals surface area contributed by atoms with Gasteiger partial charge in [-0.3, -0.25) is 5.41 Å². The van der Waals surface area contributed by atoms with Crippen LogP contribution in [0.3, 0.4) is 0 Å². The molecule has 1 unspecified atom stereocenters. The minimum atomic E-state index is 0.174. The van der Waals surface area contributed by atoms with Crippen molar-refractivity contribution < 1.29 is 4.74 Å². The van der Waals surface area contributed by atoms with Gasteiger partial charge in [-0.15, -0.1) is 0 Å². The van der Waals surface area contributed by atoms with Crippen LogP contribution in [-0.4, -0.2) is 19.6 Å². The lowest BCUT2D eigenvalue weighted by molar-refractivity contribution is 0.398. The monoisotopic (exact) mass is 223 g/mol. The maximum Gasteiger partial charge on any atom is 0.214 e. The van der Waals surface area contributed by atoms with Crippen molar-refractivity contribution in [3.05, 3.63) is 23.0 Å². The molecule has 4 nitrogen and oxygen atoms in total. The van der Waals surface area contributed by atoms with Crippen LogP contribution in [0.5, 0.6) is 0 Å². The number of nitrogens with two attached hydrogens (primary N) is 1. The van der Waals surface area contributed by atoms with Crippen molar-refractivity contribution in [1.82, 2.24) is 5.32 Å². The first kappa shape index (κ1) is 12.6. The predicted molar refractivity (Wildman–Crippen MR) is 66.1 cm³/mol. The van der Waals surface area contributed by atoms with Gasteiger partial charge in [0.05, 0.1) is 12.7 Å². The number of hydrogen-bond donors (Lipinski definition) is 3. The van der Waals surface area contributed by atoms with E-state index in [1.807, 2.05) is 6.08 Å². The third kappa shape index (κ3) is 2.78. The maximum atomic E-state index is 7.76. The summed E-state index contributed by atoms with van der Waals surface area (Å²) in [7, 11) is 1.51. The quantitative estimate of drug-likeness (QED) is 0.502. The maximum absolute atomic E-state index is 7.76. The van der Waals surface area contributed by atoms with Crippen molar-refractivity contribution in [3.63, 3.8) is 0 Å². The Balaban J connectivity index is 3.00. The van der Waals surface area contributed by atoms with Crippen LogP contribution in [0.15, 0.2) is 23.0 Å². The van der Waals surface area contributed by atoms with Crippen molar-refractivity contribution >= 4 is 5.90 Å². The lowest BCUT2D eigenvalue weighted by atomic mass is 9.91. The van der Waals surface area contributed by atoms with Crippen molar-refractivity contribution in [3.8, 4) is 0 Å². The third-order valence-electron chi connectivity index (χ3n) is 2.67. The highest BCUT2D eigenvalue weighted by molar-refractivity contribution is 5.95. The lowest BCUT2D eigenvalue weighted by Crippen LogP contribution is -2.28. The van der Waals surface area contributed by atoms with Crippen LogP contribution in [-0.2, 0) is 4.74 Å². The van der Waals surface area contributed by atoms with Gasteiger partial charge in [-0.25, -0.2) is 0 Å². The van der Waals surface area contributed by atoms with Crippen LogP contribution < -0.4 is 11.1 Å². The summed E-state index contributed by atoms with van der Waals surface area (Å²) in [4.78, 5) is 0. The second-order valence-corrected chi connectivity index (χ2v) is 4.11. The summed E-state index contributed by atoms with van der Waals surface area (Å²) in [5.41, 5.74) is 8.51. The van der Waals surface area contributed by atoms with Crippen LogP contribution in [0.1, 0.15) is 26.7 Å². The fraction of sp³-hybridized carbons (Fsp3) is 0.583. The molecule has 0 bridgehead atoms. The largest absolute Gasteiger partial charge is 0.481 e. The molecule has 4 heteroatoms. The van der Waals surface area contributed by atoms with Crippen LogP contribution in [0.25, 0.3) is 0 Å². The molecule has 0 aromatic rings. The van der Waals surface area contributed by atoms with Crippen LogP contribution in [0.2, 0.25) is 0 Å². The molecule has 0 heterocycles. The third-order valence-corrected chi connectivity index (χ3v) is 2.67. The highest BCUT2D eigenvalue weighted by Gasteiger charge is 2.21. The number of allylic oxidation sites excluding steroid dienone is 2. The molecule has 0 radical (unpaired) electrons. The smallest absolute Gasteiger partial charge is 0.214 e. The summed E-state index contributed by atoms with van der Waals surface area (Å²) >= 11 is 0. The number of methoxy groups -OCH3 is 1. The van der Waals surface area contributed by atoms with Crippen LogP contribution in [0, 0.1) is 11.3 Å². The zero-order chi connectivity index (χ0) is 12.1. The van der Waals surface area contributed by atoms with Crippen molar-refractivity contribution in [2.75, 3.05) is 13.7 Å². The summed E-state index contributed by atoms with van der Waals surface area (Å²) in [6.07, 6.45) is 3.74. The average molecular weight is 223 g/mol. The molecule has 1 atom stereocenters. The van der Waals surface area contributed by atoms with E-state index in [4.69, 9.17) is 15.9 Å². The van der Waals surface area contributed by atoms with E-state index in [-0.39, 0.29) is 5.90 Å². The van der Waals surface area contributed by atoms with E-state index in [0.717, 1.165) is 36.4 Å². The first-order valence-electron chi connectivity index (χ1n) is 5.67. The number of ether oxygens (including phenoxy) is 1. The second kappa shape index (κ2) is 5.58. The molecule has 0 saturated carbocycles. The SMILES string of the molecule is CCCNC1=C(C(=N)OC)C=C(N)CC1C. The normalized spacial score (nSPS) is 20.4. The van der Waals surface area contributed by atoms with Gasteiger partial charge < -0.3 is 15.8 Å². The summed E-state index contributed by atoms with van der Waals surface area (Å²) in [5, 5.41) is 11.1. The van der Waals surface area contributed by atoms with Gasteiger partial charge in [0.1, 0.15) is 0 Å². The van der Waals surface area contributed by atoms with Gasteiger partial charge in [-0.05, 0) is 18.9 Å². The predicted octanol–water partition coefficient (Wildman–Crippen LogP) is 1.75. The highest BCUT2D eigenvalue weighted by atomic mass is 16.5. The molecule has 0 fully saturated rings. The fourth-order valence-corrected chi connectivity index (χ4v) is 1.87. The molecule has 0 aliphatic heterocycles. The summed E-state index contributed by atoms with van der Waals surface area (Å²) in [6, 6.07) is 0. The molecule has 0 saturated heterocycles. The summed E-state index contributed by atoms with van der Waals surface area (Å²) in [6.45, 7) is 5.14. The van der Waals surface area contributed by atoms with Crippen LogP contribution in [0.4, 0.5) is 0 Å². The number of nitrogens with one attached hydrogen (secondary N) is 2. The fourth-order valence-electron chi connectivity index (χ4n) is 1.87. The molecule has 1 aliphatic rings. The van der Waals surface area contributed by atoms with E-state index in [1.165, 1.54) is 7.11 Å². The Hall–Kier alpha value is -1.45. The minimum Gasteiger partial charge on any atom is -0.481 e. The van der Waals surface area contributed by atoms with E-state index in [1.54, 1.807) is 0 Å². The van der Waals surface area contributed by atoms with Gasteiger partial charge in [0, 0.05) is 23.9 Å². The Morgan fingerprint density at radius 3 is 2.94 bits per heavy atom. The molecule has 0 amide bonds. The number of rotatable bonds is 4. The van der Waals surface area contributed by atoms with E-state index >= 15 is 0 Å². The van der Waals surface area contributed by atoms with E-state index in [9.17, 15) is 0 Å². The molecule has 0 aromatic carbocycles. The molecule has 16 heavy (non-hydrogen) atoms.